The van der Waals surface area contributed by atoms with E-state index in [1.165, 1.54) is 6.08 Å². The van der Waals surface area contributed by atoms with Crippen LogP contribution >= 0.6 is 0 Å². The second-order valence-electron chi connectivity index (χ2n) is 7.12. The fraction of sp³-hybridized carbons (Fsp3) is 0.350. The van der Waals surface area contributed by atoms with Crippen molar-refractivity contribution in [3.63, 3.8) is 0 Å². The molecule has 142 valence electrons. The molecular formula is C20H23N3O4. The van der Waals surface area contributed by atoms with E-state index in [1.54, 1.807) is 31.6 Å². The number of nitrogens with one attached hydrogen (secondary N) is 1. The van der Waals surface area contributed by atoms with Crippen molar-refractivity contribution in [1.82, 2.24) is 9.97 Å². The average molecular weight is 369 g/mol. The quantitative estimate of drug-likeness (QED) is 0.834. The van der Waals surface area contributed by atoms with Crippen LogP contribution < -0.4 is 19.5 Å². The number of hydrogen-bond acceptors (Lipinski definition) is 6. The molecule has 0 spiro atoms. The molecule has 0 aliphatic carbocycles. The normalized spacial score (nSPS) is 13.5. The standard InChI is InChI=1S/C20H23N3O4/c1-20(2,3)19-21-11-14(12-22-19)23-17(24)6-5-13-9-15(25-4)18-16(10-13)26-7-8-27-18/h5-6,9-12H,7-8H2,1-4H3,(H,23,24)/b6-5+. The van der Waals surface area contributed by atoms with Gasteiger partial charge in [-0.15, -0.1) is 0 Å². The number of hydrogen-bond donors (Lipinski definition) is 1. The molecule has 2 heterocycles. The number of rotatable bonds is 4. The van der Waals surface area contributed by atoms with Crippen LogP contribution in [0.2, 0.25) is 0 Å². The second-order valence-corrected chi connectivity index (χ2v) is 7.12. The highest BCUT2D eigenvalue weighted by Crippen LogP contribution is 2.40. The molecule has 1 aliphatic rings. The molecule has 0 radical (unpaired) electrons. The van der Waals surface area contributed by atoms with Crippen LogP contribution in [0.1, 0.15) is 32.2 Å². The van der Waals surface area contributed by atoms with Gasteiger partial charge in [0.15, 0.2) is 11.5 Å². The van der Waals surface area contributed by atoms with E-state index in [9.17, 15) is 4.79 Å². The van der Waals surface area contributed by atoms with Crippen LogP contribution in [0.4, 0.5) is 5.69 Å². The van der Waals surface area contributed by atoms with E-state index in [4.69, 9.17) is 14.2 Å². The van der Waals surface area contributed by atoms with Crippen molar-refractivity contribution in [2.24, 2.45) is 0 Å². The molecule has 1 aromatic carbocycles. The minimum Gasteiger partial charge on any atom is -0.493 e. The van der Waals surface area contributed by atoms with Gasteiger partial charge in [-0.3, -0.25) is 4.79 Å². The molecule has 1 amide bonds. The van der Waals surface area contributed by atoms with Gasteiger partial charge < -0.3 is 19.5 Å². The van der Waals surface area contributed by atoms with Crippen molar-refractivity contribution in [1.29, 1.82) is 0 Å². The van der Waals surface area contributed by atoms with Crippen LogP contribution in [-0.2, 0) is 10.2 Å². The summed E-state index contributed by atoms with van der Waals surface area (Å²) in [7, 11) is 1.56. The van der Waals surface area contributed by atoms with Crippen LogP contribution in [0.15, 0.2) is 30.6 Å². The van der Waals surface area contributed by atoms with Gasteiger partial charge in [0.1, 0.15) is 19.0 Å². The molecule has 0 bridgehead atoms. The zero-order valence-electron chi connectivity index (χ0n) is 15.9. The number of ether oxygens (including phenoxy) is 3. The van der Waals surface area contributed by atoms with E-state index in [0.717, 1.165) is 11.4 Å². The van der Waals surface area contributed by atoms with Crippen molar-refractivity contribution >= 4 is 17.7 Å². The van der Waals surface area contributed by atoms with Gasteiger partial charge in [0.2, 0.25) is 11.7 Å². The molecular weight excluding hydrogens is 346 g/mol. The van der Waals surface area contributed by atoms with E-state index in [2.05, 4.69) is 15.3 Å². The van der Waals surface area contributed by atoms with E-state index in [-0.39, 0.29) is 11.3 Å². The summed E-state index contributed by atoms with van der Waals surface area (Å²) in [4.78, 5) is 20.8. The fourth-order valence-corrected chi connectivity index (χ4v) is 2.53. The van der Waals surface area contributed by atoms with Crippen LogP contribution in [0.3, 0.4) is 0 Å². The molecule has 1 N–H and O–H groups in total. The lowest BCUT2D eigenvalue weighted by molar-refractivity contribution is -0.111. The maximum Gasteiger partial charge on any atom is 0.248 e. The van der Waals surface area contributed by atoms with Gasteiger partial charge in [-0.25, -0.2) is 9.97 Å². The van der Waals surface area contributed by atoms with Gasteiger partial charge in [0, 0.05) is 11.5 Å². The minimum absolute atomic E-state index is 0.139. The smallest absolute Gasteiger partial charge is 0.248 e. The molecule has 0 atom stereocenters. The Morgan fingerprint density at radius 1 is 1.19 bits per heavy atom. The first kappa shape index (κ1) is 18.7. The maximum absolute atomic E-state index is 12.2. The summed E-state index contributed by atoms with van der Waals surface area (Å²) in [5, 5.41) is 2.74. The number of fused-ring (bicyclic) bond motifs is 1. The Bertz CT molecular complexity index is 838. The number of amides is 1. The number of carbonyl (C=O) groups is 1. The minimum atomic E-state index is -0.282. The lowest BCUT2D eigenvalue weighted by Crippen LogP contribution is -2.16. The summed E-state index contributed by atoms with van der Waals surface area (Å²) >= 11 is 0. The van der Waals surface area contributed by atoms with Gasteiger partial charge in [0.25, 0.3) is 0 Å². The molecule has 0 saturated heterocycles. The van der Waals surface area contributed by atoms with Gasteiger partial charge in [-0.2, -0.15) is 0 Å². The second kappa shape index (κ2) is 7.65. The highest BCUT2D eigenvalue weighted by molar-refractivity contribution is 6.01. The Balaban J connectivity index is 1.70. The Hall–Kier alpha value is -3.09. The van der Waals surface area contributed by atoms with Crippen LogP contribution in [0, 0.1) is 0 Å². The average Bonchev–Trinajstić information content (AvgIpc) is 2.65. The van der Waals surface area contributed by atoms with Gasteiger partial charge >= 0.3 is 0 Å². The van der Waals surface area contributed by atoms with Crippen LogP contribution in [0.5, 0.6) is 17.2 Å². The van der Waals surface area contributed by atoms with Crippen molar-refractivity contribution < 1.29 is 19.0 Å². The third kappa shape index (κ3) is 4.55. The summed E-state index contributed by atoms with van der Waals surface area (Å²) in [5.41, 5.74) is 1.17. The van der Waals surface area contributed by atoms with Crippen LogP contribution in [0.25, 0.3) is 6.08 Å². The summed E-state index contributed by atoms with van der Waals surface area (Å²) in [6.07, 6.45) is 6.32. The number of carbonyl (C=O) groups excluding carboxylic acids is 1. The first-order valence-electron chi connectivity index (χ1n) is 8.66. The molecule has 7 nitrogen and oxygen atoms in total. The molecule has 0 saturated carbocycles. The van der Waals surface area contributed by atoms with Crippen molar-refractivity contribution in [2.75, 3.05) is 25.6 Å². The van der Waals surface area contributed by atoms with Gasteiger partial charge in [-0.05, 0) is 23.8 Å². The van der Waals surface area contributed by atoms with Crippen LogP contribution in [-0.4, -0.2) is 36.2 Å². The molecule has 2 aromatic rings. The zero-order valence-corrected chi connectivity index (χ0v) is 15.9. The fourth-order valence-electron chi connectivity index (χ4n) is 2.53. The predicted octanol–water partition coefficient (Wildman–Crippen LogP) is 3.21. The van der Waals surface area contributed by atoms with E-state index in [0.29, 0.717) is 36.1 Å². The van der Waals surface area contributed by atoms with Crippen molar-refractivity contribution in [3.8, 4) is 17.2 Å². The molecule has 27 heavy (non-hydrogen) atoms. The lowest BCUT2D eigenvalue weighted by Gasteiger charge is -2.20. The van der Waals surface area contributed by atoms with E-state index in [1.807, 2.05) is 26.8 Å². The van der Waals surface area contributed by atoms with Crippen molar-refractivity contribution in [2.45, 2.75) is 26.2 Å². The summed E-state index contributed by atoms with van der Waals surface area (Å²) in [5.74, 6) is 2.20. The third-order valence-corrected chi connectivity index (χ3v) is 3.87. The van der Waals surface area contributed by atoms with E-state index >= 15 is 0 Å². The molecule has 1 aliphatic heterocycles. The number of aromatic nitrogens is 2. The molecule has 0 unspecified atom stereocenters. The van der Waals surface area contributed by atoms with E-state index < -0.39 is 0 Å². The SMILES string of the molecule is COc1cc(/C=C/C(=O)Nc2cnc(C(C)(C)C)nc2)cc2c1OCCO2. The monoisotopic (exact) mass is 369 g/mol. The lowest BCUT2D eigenvalue weighted by atomic mass is 9.96. The predicted molar refractivity (Wildman–Crippen MR) is 102 cm³/mol. The maximum atomic E-state index is 12.2. The largest absolute Gasteiger partial charge is 0.493 e. The Kier molecular flexibility index (Phi) is 5.30. The first-order chi connectivity index (χ1) is 12.9. The first-order valence-corrected chi connectivity index (χ1v) is 8.66. The zero-order chi connectivity index (χ0) is 19.4. The summed E-state index contributed by atoms with van der Waals surface area (Å²) < 4.78 is 16.5. The Morgan fingerprint density at radius 3 is 2.56 bits per heavy atom. The molecule has 1 aromatic heterocycles. The molecule has 3 rings (SSSR count). The van der Waals surface area contributed by atoms with Gasteiger partial charge in [-0.1, -0.05) is 20.8 Å². The Labute approximate surface area is 158 Å². The third-order valence-electron chi connectivity index (χ3n) is 3.87. The summed E-state index contributed by atoms with van der Waals surface area (Å²) in [6.45, 7) is 7.06. The highest BCUT2D eigenvalue weighted by atomic mass is 16.6. The highest BCUT2D eigenvalue weighted by Gasteiger charge is 2.18. The topological polar surface area (TPSA) is 82.6 Å². The Morgan fingerprint density at radius 2 is 1.89 bits per heavy atom. The van der Waals surface area contributed by atoms with Gasteiger partial charge in [0.05, 0.1) is 25.2 Å². The summed E-state index contributed by atoms with van der Waals surface area (Å²) in [6, 6.07) is 3.60. The number of benzene rings is 1. The molecule has 0 fully saturated rings. The number of anilines is 1. The molecule has 7 heteroatoms. The number of nitrogens with zero attached hydrogens (tertiary/aromatic N) is 2. The number of methoxy groups -OCH3 is 1. The van der Waals surface area contributed by atoms with Crippen molar-refractivity contribution in [3.05, 3.63) is 42.0 Å².